The molecule has 0 aromatic heterocycles. The standard InChI is InChI=1S/C20H24N2O2/c23-19(17-6-2-1-3-7-17)20(24)21-18-10-8-16(9-11-18)12-15-22-13-4-5-14-22/h1-3,6-11,19,23H,4-5,12-15H2,(H,21,24). The number of hydrogen-bond acceptors (Lipinski definition) is 3. The van der Waals surface area contributed by atoms with Crippen molar-refractivity contribution in [1.29, 1.82) is 0 Å². The maximum absolute atomic E-state index is 12.1. The number of rotatable bonds is 6. The van der Waals surface area contributed by atoms with Gasteiger partial charge in [-0.3, -0.25) is 4.79 Å². The number of likely N-dealkylation sites (tertiary alicyclic amines) is 1. The van der Waals surface area contributed by atoms with Crippen LogP contribution in [-0.4, -0.2) is 35.5 Å². The van der Waals surface area contributed by atoms with Gasteiger partial charge in [-0.2, -0.15) is 0 Å². The summed E-state index contributed by atoms with van der Waals surface area (Å²) in [6, 6.07) is 16.8. The van der Waals surface area contributed by atoms with Gasteiger partial charge in [0.2, 0.25) is 0 Å². The minimum Gasteiger partial charge on any atom is -0.378 e. The number of carbonyl (C=O) groups is 1. The third-order valence-electron chi connectivity index (χ3n) is 4.50. The molecule has 0 spiro atoms. The van der Waals surface area contributed by atoms with Crippen LogP contribution >= 0.6 is 0 Å². The van der Waals surface area contributed by atoms with E-state index >= 15 is 0 Å². The van der Waals surface area contributed by atoms with Crippen molar-refractivity contribution in [2.75, 3.05) is 25.0 Å². The van der Waals surface area contributed by atoms with Crippen LogP contribution in [0.1, 0.15) is 30.1 Å². The Bertz CT molecular complexity index is 649. The quantitative estimate of drug-likeness (QED) is 0.859. The summed E-state index contributed by atoms with van der Waals surface area (Å²) in [5.41, 5.74) is 2.57. The molecule has 1 heterocycles. The Balaban J connectivity index is 1.52. The Hall–Kier alpha value is -2.17. The lowest BCUT2D eigenvalue weighted by molar-refractivity contribution is -0.124. The normalized spacial score (nSPS) is 16.0. The highest BCUT2D eigenvalue weighted by Crippen LogP contribution is 2.17. The lowest BCUT2D eigenvalue weighted by atomic mass is 10.1. The van der Waals surface area contributed by atoms with E-state index in [-0.39, 0.29) is 0 Å². The van der Waals surface area contributed by atoms with Crippen molar-refractivity contribution in [2.45, 2.75) is 25.4 Å². The van der Waals surface area contributed by atoms with Crippen molar-refractivity contribution in [2.24, 2.45) is 0 Å². The molecule has 24 heavy (non-hydrogen) atoms. The summed E-state index contributed by atoms with van der Waals surface area (Å²) in [5, 5.41) is 12.9. The molecule has 0 radical (unpaired) electrons. The molecule has 1 saturated heterocycles. The summed E-state index contributed by atoms with van der Waals surface area (Å²) in [7, 11) is 0. The fourth-order valence-corrected chi connectivity index (χ4v) is 3.05. The summed E-state index contributed by atoms with van der Waals surface area (Å²) in [4.78, 5) is 14.6. The first kappa shape index (κ1) is 16.7. The third kappa shape index (κ3) is 4.43. The average molecular weight is 324 g/mol. The van der Waals surface area contributed by atoms with Crippen molar-refractivity contribution < 1.29 is 9.90 Å². The zero-order valence-corrected chi connectivity index (χ0v) is 13.8. The fourth-order valence-electron chi connectivity index (χ4n) is 3.05. The average Bonchev–Trinajstić information content (AvgIpc) is 3.15. The smallest absolute Gasteiger partial charge is 0.257 e. The molecule has 1 aliphatic heterocycles. The Morgan fingerprint density at radius 3 is 2.38 bits per heavy atom. The molecule has 126 valence electrons. The number of nitrogens with one attached hydrogen (secondary N) is 1. The van der Waals surface area contributed by atoms with Crippen LogP contribution in [0.25, 0.3) is 0 Å². The first-order valence-electron chi connectivity index (χ1n) is 8.57. The molecule has 0 aliphatic carbocycles. The summed E-state index contributed by atoms with van der Waals surface area (Å²) < 4.78 is 0. The number of anilines is 1. The highest BCUT2D eigenvalue weighted by molar-refractivity contribution is 5.94. The number of benzene rings is 2. The largest absolute Gasteiger partial charge is 0.378 e. The van der Waals surface area contributed by atoms with Crippen molar-refractivity contribution in [3.05, 3.63) is 65.7 Å². The predicted molar refractivity (Wildman–Crippen MR) is 95.9 cm³/mol. The van der Waals surface area contributed by atoms with E-state index in [0.29, 0.717) is 11.3 Å². The van der Waals surface area contributed by atoms with Crippen LogP contribution < -0.4 is 5.32 Å². The van der Waals surface area contributed by atoms with E-state index < -0.39 is 12.0 Å². The molecule has 4 nitrogen and oxygen atoms in total. The van der Waals surface area contributed by atoms with Crippen LogP contribution in [0.3, 0.4) is 0 Å². The first-order valence-corrected chi connectivity index (χ1v) is 8.57. The second-order valence-electron chi connectivity index (χ2n) is 6.30. The van der Waals surface area contributed by atoms with Gasteiger partial charge >= 0.3 is 0 Å². The van der Waals surface area contributed by atoms with Gasteiger partial charge in [0.15, 0.2) is 6.10 Å². The molecule has 4 heteroatoms. The molecule has 1 fully saturated rings. The Morgan fingerprint density at radius 2 is 1.71 bits per heavy atom. The van der Waals surface area contributed by atoms with Crippen LogP contribution in [-0.2, 0) is 11.2 Å². The molecule has 1 atom stereocenters. The molecule has 2 N–H and O–H groups in total. The number of aliphatic hydroxyl groups excluding tert-OH is 1. The zero-order chi connectivity index (χ0) is 16.8. The van der Waals surface area contributed by atoms with Gasteiger partial charge in [0, 0.05) is 12.2 Å². The number of aliphatic hydroxyl groups is 1. The molecule has 1 aliphatic rings. The Morgan fingerprint density at radius 1 is 1.04 bits per heavy atom. The molecule has 2 aromatic carbocycles. The molecule has 0 bridgehead atoms. The zero-order valence-electron chi connectivity index (χ0n) is 13.8. The first-order chi connectivity index (χ1) is 11.7. The minimum absolute atomic E-state index is 0.411. The van der Waals surface area contributed by atoms with Gasteiger partial charge in [0.05, 0.1) is 0 Å². The van der Waals surface area contributed by atoms with Crippen LogP contribution in [0.15, 0.2) is 54.6 Å². The van der Waals surface area contributed by atoms with Crippen LogP contribution in [0, 0.1) is 0 Å². The van der Waals surface area contributed by atoms with E-state index in [2.05, 4.69) is 10.2 Å². The second kappa shape index (κ2) is 8.08. The number of amides is 1. The highest BCUT2D eigenvalue weighted by Gasteiger charge is 2.17. The van der Waals surface area contributed by atoms with Gasteiger partial charge in [-0.25, -0.2) is 0 Å². The van der Waals surface area contributed by atoms with Crippen molar-refractivity contribution >= 4 is 11.6 Å². The van der Waals surface area contributed by atoms with Gasteiger partial charge in [-0.15, -0.1) is 0 Å². The Labute approximate surface area is 143 Å². The number of carbonyl (C=O) groups excluding carboxylic acids is 1. The predicted octanol–water partition coefficient (Wildman–Crippen LogP) is 3.00. The van der Waals surface area contributed by atoms with E-state index in [4.69, 9.17) is 0 Å². The Kier molecular flexibility index (Phi) is 5.62. The molecule has 1 unspecified atom stereocenters. The van der Waals surface area contributed by atoms with Crippen LogP contribution in [0.4, 0.5) is 5.69 Å². The summed E-state index contributed by atoms with van der Waals surface area (Å²) in [5.74, 6) is -0.411. The molecule has 2 aromatic rings. The maximum atomic E-state index is 12.1. The topological polar surface area (TPSA) is 52.6 Å². The van der Waals surface area contributed by atoms with Crippen LogP contribution in [0.5, 0.6) is 0 Å². The summed E-state index contributed by atoms with van der Waals surface area (Å²) >= 11 is 0. The second-order valence-corrected chi connectivity index (χ2v) is 6.30. The third-order valence-corrected chi connectivity index (χ3v) is 4.50. The molecule has 1 amide bonds. The summed E-state index contributed by atoms with van der Waals surface area (Å²) in [6.45, 7) is 3.52. The monoisotopic (exact) mass is 324 g/mol. The lowest BCUT2D eigenvalue weighted by Gasteiger charge is -2.15. The van der Waals surface area contributed by atoms with Gasteiger partial charge in [0.25, 0.3) is 5.91 Å². The van der Waals surface area contributed by atoms with Crippen molar-refractivity contribution in [3.8, 4) is 0 Å². The van der Waals surface area contributed by atoms with E-state index in [1.165, 1.54) is 31.5 Å². The van der Waals surface area contributed by atoms with E-state index in [1.54, 1.807) is 24.3 Å². The van der Waals surface area contributed by atoms with E-state index in [9.17, 15) is 9.90 Å². The highest BCUT2D eigenvalue weighted by atomic mass is 16.3. The fraction of sp³-hybridized carbons (Fsp3) is 0.350. The lowest BCUT2D eigenvalue weighted by Crippen LogP contribution is -2.22. The van der Waals surface area contributed by atoms with Gasteiger partial charge in [0.1, 0.15) is 0 Å². The summed E-state index contributed by atoms with van der Waals surface area (Å²) in [6.07, 6.45) is 2.51. The van der Waals surface area contributed by atoms with Crippen molar-refractivity contribution in [3.63, 3.8) is 0 Å². The number of nitrogens with zero attached hydrogens (tertiary/aromatic N) is 1. The van der Waals surface area contributed by atoms with Crippen molar-refractivity contribution in [1.82, 2.24) is 4.90 Å². The molecule has 0 saturated carbocycles. The van der Waals surface area contributed by atoms with Gasteiger partial charge in [-0.1, -0.05) is 42.5 Å². The SMILES string of the molecule is O=C(Nc1ccc(CCN2CCCC2)cc1)C(O)c1ccccc1. The minimum atomic E-state index is -1.15. The van der Waals surface area contributed by atoms with Crippen LogP contribution in [0.2, 0.25) is 0 Å². The maximum Gasteiger partial charge on any atom is 0.257 e. The van der Waals surface area contributed by atoms with Gasteiger partial charge < -0.3 is 15.3 Å². The molecular weight excluding hydrogens is 300 g/mol. The number of hydrogen-bond donors (Lipinski definition) is 2. The van der Waals surface area contributed by atoms with E-state index in [1.807, 2.05) is 30.3 Å². The molecule has 3 rings (SSSR count). The van der Waals surface area contributed by atoms with Gasteiger partial charge in [-0.05, 0) is 55.6 Å². The molecular formula is C20H24N2O2. The van der Waals surface area contributed by atoms with E-state index in [0.717, 1.165) is 13.0 Å².